The highest BCUT2D eigenvalue weighted by atomic mass is 127. The molecule has 1 rings (SSSR count). The molecule has 7 heteroatoms. The van der Waals surface area contributed by atoms with Crippen molar-refractivity contribution in [2.24, 2.45) is 5.73 Å². The first-order valence-electron chi connectivity index (χ1n) is 4.34. The zero-order valence-electron chi connectivity index (χ0n) is 8.08. The van der Waals surface area contributed by atoms with Crippen LogP contribution in [0.1, 0.15) is 23.2 Å². The van der Waals surface area contributed by atoms with Gasteiger partial charge in [-0.25, -0.2) is 13.8 Å². The molecule has 1 aromatic rings. The van der Waals surface area contributed by atoms with Crippen molar-refractivity contribution in [1.82, 2.24) is 4.98 Å². The summed E-state index contributed by atoms with van der Waals surface area (Å²) in [5.74, 6) is -1.12. The number of rotatable bonds is 4. The highest BCUT2D eigenvalue weighted by molar-refractivity contribution is 14.1. The number of hydrogen-bond donors (Lipinski definition) is 2. The second kappa shape index (κ2) is 5.48. The minimum absolute atomic E-state index is 0.109. The maximum atomic E-state index is 12.7. The van der Waals surface area contributed by atoms with Crippen LogP contribution < -0.4 is 5.73 Å². The Kier molecular flexibility index (Phi) is 4.54. The van der Waals surface area contributed by atoms with Crippen LogP contribution in [0.5, 0.6) is 0 Å². The van der Waals surface area contributed by atoms with Crippen molar-refractivity contribution in [1.29, 1.82) is 0 Å². The van der Waals surface area contributed by atoms with Crippen molar-refractivity contribution in [2.45, 2.75) is 19.4 Å². The second-order valence-electron chi connectivity index (χ2n) is 3.03. The molecule has 0 aliphatic heterocycles. The van der Waals surface area contributed by atoms with E-state index >= 15 is 0 Å². The molecule has 4 nitrogen and oxygen atoms in total. The minimum Gasteiger partial charge on any atom is -0.481 e. The SMILES string of the molecule is NCc1c(C(F)F)cc(I)nc1CC(=O)O. The molecule has 0 unspecified atom stereocenters. The molecule has 0 atom stereocenters. The summed E-state index contributed by atoms with van der Waals surface area (Å²) in [6.45, 7) is -0.147. The Hall–Kier alpha value is -0.830. The molecule has 0 spiro atoms. The second-order valence-corrected chi connectivity index (χ2v) is 4.14. The lowest BCUT2D eigenvalue weighted by Crippen LogP contribution is -2.13. The molecule has 3 N–H and O–H groups in total. The van der Waals surface area contributed by atoms with E-state index in [1.807, 2.05) is 0 Å². The molecule has 16 heavy (non-hydrogen) atoms. The lowest BCUT2D eigenvalue weighted by Gasteiger charge is -2.11. The number of halogens is 3. The lowest BCUT2D eigenvalue weighted by molar-refractivity contribution is -0.136. The van der Waals surface area contributed by atoms with E-state index in [4.69, 9.17) is 10.8 Å². The van der Waals surface area contributed by atoms with Crippen LogP contribution in [0.4, 0.5) is 8.78 Å². The summed E-state index contributed by atoms with van der Waals surface area (Å²) in [5.41, 5.74) is 5.34. The third-order valence-electron chi connectivity index (χ3n) is 1.97. The van der Waals surface area contributed by atoms with E-state index in [-0.39, 0.29) is 23.4 Å². The van der Waals surface area contributed by atoms with Crippen LogP contribution in [0.2, 0.25) is 0 Å². The quantitative estimate of drug-likeness (QED) is 0.645. The van der Waals surface area contributed by atoms with Crippen LogP contribution in [0.25, 0.3) is 0 Å². The highest BCUT2D eigenvalue weighted by Gasteiger charge is 2.19. The van der Waals surface area contributed by atoms with Crippen molar-refractivity contribution in [3.8, 4) is 0 Å². The van der Waals surface area contributed by atoms with Crippen LogP contribution >= 0.6 is 22.6 Å². The first-order chi connectivity index (χ1) is 7.45. The molecule has 0 aromatic carbocycles. The summed E-state index contributed by atoms with van der Waals surface area (Å²) in [7, 11) is 0. The van der Waals surface area contributed by atoms with Crippen molar-refractivity contribution in [3.05, 3.63) is 26.6 Å². The Balaban J connectivity index is 3.29. The third-order valence-corrected chi connectivity index (χ3v) is 2.52. The number of carboxylic acids is 1. The van der Waals surface area contributed by atoms with Gasteiger partial charge >= 0.3 is 5.97 Å². The number of carboxylic acid groups (broad SMARTS) is 1. The third kappa shape index (κ3) is 3.08. The van der Waals surface area contributed by atoms with Crippen LogP contribution in [0.15, 0.2) is 6.07 Å². The zero-order chi connectivity index (χ0) is 12.3. The monoisotopic (exact) mass is 342 g/mol. The molecule has 0 bridgehead atoms. The topological polar surface area (TPSA) is 76.2 Å². The number of aromatic nitrogens is 1. The van der Waals surface area contributed by atoms with Crippen molar-refractivity contribution in [3.63, 3.8) is 0 Å². The molecule has 88 valence electrons. The number of nitrogens with two attached hydrogens (primary N) is 1. The molecular formula is C9H9F2IN2O2. The largest absolute Gasteiger partial charge is 0.481 e. The first-order valence-corrected chi connectivity index (χ1v) is 5.41. The van der Waals surface area contributed by atoms with Crippen molar-refractivity contribution >= 4 is 28.6 Å². The van der Waals surface area contributed by atoms with E-state index in [2.05, 4.69) is 4.98 Å². The Morgan fingerprint density at radius 3 is 2.69 bits per heavy atom. The number of hydrogen-bond acceptors (Lipinski definition) is 3. The van der Waals surface area contributed by atoms with Crippen molar-refractivity contribution in [2.75, 3.05) is 0 Å². The smallest absolute Gasteiger partial charge is 0.309 e. The van der Waals surface area contributed by atoms with E-state index in [9.17, 15) is 13.6 Å². The summed E-state index contributed by atoms with van der Waals surface area (Å²) in [6.07, 6.45) is -3.08. The predicted molar refractivity (Wildman–Crippen MR) is 61.1 cm³/mol. The number of nitrogens with zero attached hydrogens (tertiary/aromatic N) is 1. The van der Waals surface area contributed by atoms with Gasteiger partial charge in [-0.1, -0.05) is 0 Å². The highest BCUT2D eigenvalue weighted by Crippen LogP contribution is 2.26. The maximum absolute atomic E-state index is 12.7. The van der Waals surface area contributed by atoms with Gasteiger partial charge in [-0.2, -0.15) is 0 Å². The van der Waals surface area contributed by atoms with Gasteiger partial charge in [0, 0.05) is 12.1 Å². The van der Waals surface area contributed by atoms with E-state index in [1.165, 1.54) is 6.07 Å². The summed E-state index contributed by atoms with van der Waals surface area (Å²) < 4.78 is 25.7. The van der Waals surface area contributed by atoms with Crippen LogP contribution in [-0.4, -0.2) is 16.1 Å². The van der Waals surface area contributed by atoms with Gasteiger partial charge in [0.15, 0.2) is 0 Å². The van der Waals surface area contributed by atoms with Gasteiger partial charge in [0.25, 0.3) is 6.43 Å². The van der Waals surface area contributed by atoms with E-state index in [0.717, 1.165) is 0 Å². The molecule has 1 aromatic heterocycles. The number of alkyl halides is 2. The zero-order valence-corrected chi connectivity index (χ0v) is 10.2. The van der Waals surface area contributed by atoms with Gasteiger partial charge in [-0.15, -0.1) is 0 Å². The maximum Gasteiger partial charge on any atom is 0.309 e. The first kappa shape index (κ1) is 13.2. The molecule has 0 aliphatic carbocycles. The van der Waals surface area contributed by atoms with Gasteiger partial charge in [0.05, 0.1) is 12.1 Å². The molecule has 0 radical (unpaired) electrons. The Morgan fingerprint density at radius 1 is 1.62 bits per heavy atom. The lowest BCUT2D eigenvalue weighted by atomic mass is 10.0. The van der Waals surface area contributed by atoms with Gasteiger partial charge < -0.3 is 10.8 Å². The average Bonchev–Trinajstić information content (AvgIpc) is 2.15. The van der Waals surface area contributed by atoms with Crippen LogP contribution in [0.3, 0.4) is 0 Å². The Labute approximate surface area is 104 Å². The minimum atomic E-state index is -2.68. The Morgan fingerprint density at radius 2 is 2.25 bits per heavy atom. The van der Waals surface area contributed by atoms with Gasteiger partial charge in [0.1, 0.15) is 3.70 Å². The fraction of sp³-hybridized carbons (Fsp3) is 0.333. The predicted octanol–water partition coefficient (Wildman–Crippen LogP) is 1.71. The van der Waals surface area contributed by atoms with Gasteiger partial charge in [0.2, 0.25) is 0 Å². The molecule has 0 aliphatic rings. The van der Waals surface area contributed by atoms with Crippen LogP contribution in [0, 0.1) is 3.70 Å². The van der Waals surface area contributed by atoms with Gasteiger partial charge in [-0.05, 0) is 34.2 Å². The molecule has 1 heterocycles. The number of aliphatic carboxylic acids is 1. The normalized spacial score (nSPS) is 10.8. The summed E-state index contributed by atoms with van der Waals surface area (Å²) in [5, 5.41) is 8.64. The van der Waals surface area contributed by atoms with E-state index < -0.39 is 18.8 Å². The van der Waals surface area contributed by atoms with E-state index in [0.29, 0.717) is 3.70 Å². The number of carbonyl (C=O) groups is 1. The Bertz CT molecular complexity index is 413. The van der Waals surface area contributed by atoms with Crippen molar-refractivity contribution < 1.29 is 18.7 Å². The van der Waals surface area contributed by atoms with Gasteiger partial charge in [-0.3, -0.25) is 4.79 Å². The molecule has 0 amide bonds. The summed E-state index contributed by atoms with van der Waals surface area (Å²) in [4.78, 5) is 14.5. The summed E-state index contributed by atoms with van der Waals surface area (Å²) >= 11 is 1.77. The van der Waals surface area contributed by atoms with E-state index in [1.54, 1.807) is 22.6 Å². The molecule has 0 saturated carbocycles. The molecule has 0 saturated heterocycles. The van der Waals surface area contributed by atoms with Crippen LogP contribution in [-0.2, 0) is 17.8 Å². The fourth-order valence-electron chi connectivity index (χ4n) is 1.33. The number of pyridine rings is 1. The molecule has 0 fully saturated rings. The summed E-state index contributed by atoms with van der Waals surface area (Å²) in [6, 6.07) is 1.22. The standard InChI is InChI=1S/C9H9F2IN2O2/c10-9(11)4-1-7(12)14-6(2-8(15)16)5(4)3-13/h1,9H,2-3,13H2,(H,15,16). The fourth-order valence-corrected chi connectivity index (χ4v) is 1.96. The average molecular weight is 342 g/mol. The molecular weight excluding hydrogens is 333 g/mol.